The van der Waals surface area contributed by atoms with Gasteiger partial charge in [-0.25, -0.2) is 0 Å². The lowest BCUT2D eigenvalue weighted by atomic mass is 10.2. The molecule has 2 heteroatoms. The summed E-state index contributed by atoms with van der Waals surface area (Å²) < 4.78 is 7.24. The zero-order valence-electron chi connectivity index (χ0n) is 8.18. The highest BCUT2D eigenvalue weighted by Gasteiger charge is 1.94. The molecule has 0 aliphatic rings. The number of hydrogen-bond acceptors (Lipinski definition) is 1. The Morgan fingerprint density at radius 2 is 1.71 bits per heavy atom. The number of rotatable bonds is 3. The van der Waals surface area contributed by atoms with Crippen molar-refractivity contribution in [3.63, 3.8) is 0 Å². The molecule has 14 heavy (non-hydrogen) atoms. The van der Waals surface area contributed by atoms with Gasteiger partial charge in [-0.15, -0.1) is 0 Å². The Balaban J connectivity index is 2.10. The second-order valence-electron chi connectivity index (χ2n) is 3.20. The van der Waals surface area contributed by atoms with E-state index in [2.05, 4.69) is 29.1 Å². The van der Waals surface area contributed by atoms with Crippen molar-refractivity contribution >= 4 is 0 Å². The van der Waals surface area contributed by atoms with Crippen LogP contribution in [-0.4, -0.2) is 11.7 Å². The summed E-state index contributed by atoms with van der Waals surface area (Å²) >= 11 is 0. The molecule has 0 fully saturated rings. The Kier molecular flexibility index (Phi) is 2.54. The summed E-state index contributed by atoms with van der Waals surface area (Å²) in [6, 6.07) is 12.2. The average Bonchev–Trinajstić information content (AvgIpc) is 2.72. The maximum Gasteiger partial charge on any atom is 0.118 e. The topological polar surface area (TPSA) is 14.2 Å². The number of hydrogen-bond donors (Lipinski definition) is 0. The van der Waals surface area contributed by atoms with Gasteiger partial charge < -0.3 is 9.30 Å². The minimum absolute atomic E-state index is 0.904. The van der Waals surface area contributed by atoms with Gasteiger partial charge in [-0.3, -0.25) is 0 Å². The predicted molar refractivity (Wildman–Crippen MR) is 56.5 cm³/mol. The smallest absolute Gasteiger partial charge is 0.118 e. The molecule has 0 saturated heterocycles. The zero-order chi connectivity index (χ0) is 9.80. The van der Waals surface area contributed by atoms with Crippen molar-refractivity contribution < 1.29 is 4.74 Å². The van der Waals surface area contributed by atoms with Crippen LogP contribution in [0.5, 0.6) is 5.75 Å². The molecule has 0 saturated carbocycles. The van der Waals surface area contributed by atoms with Crippen LogP contribution in [0.3, 0.4) is 0 Å². The van der Waals surface area contributed by atoms with Crippen LogP contribution in [0.1, 0.15) is 5.56 Å². The van der Waals surface area contributed by atoms with Gasteiger partial charge in [0.15, 0.2) is 0 Å². The van der Waals surface area contributed by atoms with Crippen LogP contribution in [0, 0.1) is 0 Å². The van der Waals surface area contributed by atoms with E-state index < -0.39 is 0 Å². The molecule has 0 N–H and O–H groups in total. The summed E-state index contributed by atoms with van der Waals surface area (Å²) in [5.74, 6) is 0.904. The highest BCUT2D eigenvalue weighted by atomic mass is 16.5. The average molecular weight is 187 g/mol. The molecule has 2 aromatic rings. The van der Waals surface area contributed by atoms with Crippen LogP contribution in [0.4, 0.5) is 0 Å². The quantitative estimate of drug-likeness (QED) is 0.720. The second kappa shape index (κ2) is 4.01. The van der Waals surface area contributed by atoms with Crippen LogP contribution in [-0.2, 0) is 6.54 Å². The Morgan fingerprint density at radius 3 is 2.29 bits per heavy atom. The molecule has 0 aliphatic carbocycles. The third-order valence-electron chi connectivity index (χ3n) is 2.19. The molecule has 0 radical (unpaired) electrons. The highest BCUT2D eigenvalue weighted by molar-refractivity contribution is 5.27. The Morgan fingerprint density at radius 1 is 1.07 bits per heavy atom. The SMILES string of the molecule is COc1ccc(Cn2cccc2)cc1. The first-order chi connectivity index (χ1) is 6.88. The zero-order valence-corrected chi connectivity index (χ0v) is 8.18. The maximum atomic E-state index is 5.10. The van der Waals surface area contributed by atoms with Gasteiger partial charge in [0.25, 0.3) is 0 Å². The van der Waals surface area contributed by atoms with Gasteiger partial charge >= 0.3 is 0 Å². The largest absolute Gasteiger partial charge is 0.497 e. The van der Waals surface area contributed by atoms with E-state index >= 15 is 0 Å². The van der Waals surface area contributed by atoms with Gasteiger partial charge in [0, 0.05) is 18.9 Å². The van der Waals surface area contributed by atoms with Crippen LogP contribution in [0.2, 0.25) is 0 Å². The predicted octanol–water partition coefficient (Wildman–Crippen LogP) is 2.55. The molecular weight excluding hydrogens is 174 g/mol. The van der Waals surface area contributed by atoms with E-state index in [9.17, 15) is 0 Å². The monoisotopic (exact) mass is 187 g/mol. The van der Waals surface area contributed by atoms with Crippen LogP contribution in [0.15, 0.2) is 48.8 Å². The Hall–Kier alpha value is -1.70. The number of aromatic nitrogens is 1. The summed E-state index contributed by atoms with van der Waals surface area (Å²) in [5.41, 5.74) is 1.28. The van der Waals surface area contributed by atoms with Gasteiger partial charge in [0.2, 0.25) is 0 Å². The fourth-order valence-corrected chi connectivity index (χ4v) is 1.42. The second-order valence-corrected chi connectivity index (χ2v) is 3.20. The molecule has 0 aliphatic heterocycles. The van der Waals surface area contributed by atoms with Crippen molar-refractivity contribution in [1.82, 2.24) is 4.57 Å². The molecule has 1 aromatic heterocycles. The van der Waals surface area contributed by atoms with E-state index in [1.54, 1.807) is 7.11 Å². The van der Waals surface area contributed by atoms with E-state index in [1.165, 1.54) is 5.56 Å². The first kappa shape index (κ1) is 8.88. The van der Waals surface area contributed by atoms with E-state index in [4.69, 9.17) is 4.74 Å². The lowest BCUT2D eigenvalue weighted by molar-refractivity contribution is 0.414. The lowest BCUT2D eigenvalue weighted by Crippen LogP contribution is -1.95. The number of nitrogens with zero attached hydrogens (tertiary/aromatic N) is 1. The lowest BCUT2D eigenvalue weighted by Gasteiger charge is -2.04. The molecule has 2 nitrogen and oxygen atoms in total. The number of ether oxygens (including phenoxy) is 1. The van der Waals surface area contributed by atoms with E-state index in [-0.39, 0.29) is 0 Å². The molecule has 1 heterocycles. The van der Waals surface area contributed by atoms with Crippen molar-refractivity contribution in [2.24, 2.45) is 0 Å². The fourth-order valence-electron chi connectivity index (χ4n) is 1.42. The minimum Gasteiger partial charge on any atom is -0.497 e. The third-order valence-corrected chi connectivity index (χ3v) is 2.19. The first-order valence-corrected chi connectivity index (χ1v) is 4.62. The summed E-state index contributed by atoms with van der Waals surface area (Å²) in [6.07, 6.45) is 4.12. The molecule has 2 rings (SSSR count). The van der Waals surface area contributed by atoms with Gasteiger partial charge in [-0.1, -0.05) is 12.1 Å². The molecular formula is C12H13NO. The standard InChI is InChI=1S/C12H13NO/c1-14-12-6-4-11(5-7-12)10-13-8-2-3-9-13/h2-9H,10H2,1H3. The summed E-state index contributed by atoms with van der Waals surface area (Å²) in [6.45, 7) is 0.914. The molecule has 0 unspecified atom stereocenters. The van der Waals surface area contributed by atoms with Crippen molar-refractivity contribution in [2.75, 3.05) is 7.11 Å². The van der Waals surface area contributed by atoms with E-state index in [1.807, 2.05) is 24.3 Å². The fraction of sp³-hybridized carbons (Fsp3) is 0.167. The Labute approximate surface area is 83.8 Å². The van der Waals surface area contributed by atoms with Crippen molar-refractivity contribution in [2.45, 2.75) is 6.54 Å². The molecule has 72 valence electrons. The van der Waals surface area contributed by atoms with Crippen LogP contribution < -0.4 is 4.74 Å². The Bertz CT molecular complexity index is 375. The summed E-state index contributed by atoms with van der Waals surface area (Å²) in [5, 5.41) is 0. The van der Waals surface area contributed by atoms with Gasteiger partial charge in [0.1, 0.15) is 5.75 Å². The number of benzene rings is 1. The van der Waals surface area contributed by atoms with Gasteiger partial charge in [-0.05, 0) is 29.8 Å². The van der Waals surface area contributed by atoms with Crippen molar-refractivity contribution in [3.8, 4) is 5.75 Å². The highest BCUT2D eigenvalue weighted by Crippen LogP contribution is 2.12. The molecule has 0 bridgehead atoms. The minimum atomic E-state index is 0.904. The summed E-state index contributed by atoms with van der Waals surface area (Å²) in [7, 11) is 1.68. The van der Waals surface area contributed by atoms with Crippen LogP contribution >= 0.6 is 0 Å². The number of methoxy groups -OCH3 is 1. The van der Waals surface area contributed by atoms with Crippen molar-refractivity contribution in [3.05, 3.63) is 54.4 Å². The maximum absolute atomic E-state index is 5.10. The molecule has 1 aromatic carbocycles. The van der Waals surface area contributed by atoms with Gasteiger partial charge in [-0.2, -0.15) is 0 Å². The van der Waals surface area contributed by atoms with Gasteiger partial charge in [0.05, 0.1) is 7.11 Å². The van der Waals surface area contributed by atoms with E-state index in [0.717, 1.165) is 12.3 Å². The van der Waals surface area contributed by atoms with Crippen molar-refractivity contribution in [1.29, 1.82) is 0 Å². The van der Waals surface area contributed by atoms with E-state index in [0.29, 0.717) is 0 Å². The third kappa shape index (κ3) is 1.96. The van der Waals surface area contributed by atoms with Crippen LogP contribution in [0.25, 0.3) is 0 Å². The molecule has 0 spiro atoms. The summed E-state index contributed by atoms with van der Waals surface area (Å²) in [4.78, 5) is 0. The first-order valence-electron chi connectivity index (χ1n) is 4.62. The normalized spacial score (nSPS) is 10.1. The molecule has 0 atom stereocenters. The molecule has 0 amide bonds.